The monoisotopic (exact) mass is 288 g/mol. The second kappa shape index (κ2) is 6.35. The van der Waals surface area contributed by atoms with E-state index in [2.05, 4.69) is 97.3 Å². The van der Waals surface area contributed by atoms with Crippen molar-refractivity contribution < 1.29 is 0 Å². The summed E-state index contributed by atoms with van der Waals surface area (Å²) in [6, 6.07) is 25.1. The van der Waals surface area contributed by atoms with Crippen LogP contribution < -0.4 is 10.6 Å². The van der Waals surface area contributed by atoms with Crippen molar-refractivity contribution in [3.05, 3.63) is 83.9 Å². The van der Waals surface area contributed by atoms with Gasteiger partial charge in [0.15, 0.2) is 0 Å². The highest BCUT2D eigenvalue weighted by Crippen LogP contribution is 2.22. The van der Waals surface area contributed by atoms with Crippen molar-refractivity contribution in [3.63, 3.8) is 0 Å². The van der Waals surface area contributed by atoms with Crippen LogP contribution >= 0.6 is 0 Å². The van der Waals surface area contributed by atoms with Gasteiger partial charge in [-0.2, -0.15) is 0 Å². The molecule has 0 unspecified atom stereocenters. The topological polar surface area (TPSA) is 24.1 Å². The van der Waals surface area contributed by atoms with Gasteiger partial charge in [-0.15, -0.1) is 0 Å². The van der Waals surface area contributed by atoms with E-state index >= 15 is 0 Å². The van der Waals surface area contributed by atoms with E-state index in [-0.39, 0.29) is 0 Å². The highest BCUT2D eigenvalue weighted by Gasteiger charge is 1.97. The Hall–Kier alpha value is -2.74. The molecule has 0 fully saturated rings. The van der Waals surface area contributed by atoms with Gasteiger partial charge in [-0.3, -0.25) is 0 Å². The smallest absolute Gasteiger partial charge is 0.0386 e. The predicted octanol–water partition coefficient (Wildman–Crippen LogP) is 5.79. The molecule has 0 aliphatic carbocycles. The van der Waals surface area contributed by atoms with Crippen molar-refractivity contribution in [2.75, 3.05) is 10.6 Å². The van der Waals surface area contributed by atoms with E-state index in [1.165, 1.54) is 11.1 Å². The van der Waals surface area contributed by atoms with Crippen LogP contribution in [-0.4, -0.2) is 0 Å². The molecule has 2 nitrogen and oxygen atoms in total. The number of aryl methyl sites for hydroxylation is 2. The summed E-state index contributed by atoms with van der Waals surface area (Å²) in [4.78, 5) is 0. The summed E-state index contributed by atoms with van der Waals surface area (Å²) in [5.41, 5.74) is 6.90. The van der Waals surface area contributed by atoms with Crippen molar-refractivity contribution in [3.8, 4) is 0 Å². The maximum Gasteiger partial charge on any atom is 0.0386 e. The fraction of sp³-hybridized carbons (Fsp3) is 0.100. The van der Waals surface area contributed by atoms with Gasteiger partial charge >= 0.3 is 0 Å². The summed E-state index contributed by atoms with van der Waals surface area (Å²) in [6.45, 7) is 4.19. The van der Waals surface area contributed by atoms with Gasteiger partial charge in [0.25, 0.3) is 0 Å². The molecule has 3 aromatic carbocycles. The quantitative estimate of drug-likeness (QED) is 0.635. The fourth-order valence-electron chi connectivity index (χ4n) is 2.33. The molecular formula is C20H20N2. The largest absolute Gasteiger partial charge is 0.356 e. The van der Waals surface area contributed by atoms with Gasteiger partial charge in [-0.05, 0) is 67.9 Å². The van der Waals surface area contributed by atoms with Crippen LogP contribution in [0.2, 0.25) is 0 Å². The van der Waals surface area contributed by atoms with Crippen molar-refractivity contribution in [2.45, 2.75) is 13.8 Å². The molecule has 0 spiro atoms. The lowest BCUT2D eigenvalue weighted by Crippen LogP contribution is -1.93. The standard InChI is InChI=1S/C20H20N2/c1-15-6-8-17(9-7-15)21-18-10-12-19(13-11-18)22-20-5-3-4-16(2)14-20/h3-14,21-22H,1-2H3. The van der Waals surface area contributed by atoms with Crippen LogP contribution in [0.25, 0.3) is 0 Å². The normalized spacial score (nSPS) is 10.3. The molecule has 0 aliphatic rings. The fourth-order valence-corrected chi connectivity index (χ4v) is 2.33. The number of anilines is 4. The van der Waals surface area contributed by atoms with Gasteiger partial charge in [0.05, 0.1) is 0 Å². The Kier molecular flexibility index (Phi) is 4.10. The van der Waals surface area contributed by atoms with E-state index in [0.29, 0.717) is 0 Å². The molecular weight excluding hydrogens is 268 g/mol. The van der Waals surface area contributed by atoms with E-state index in [4.69, 9.17) is 0 Å². The number of benzene rings is 3. The van der Waals surface area contributed by atoms with E-state index in [1.54, 1.807) is 0 Å². The lowest BCUT2D eigenvalue weighted by molar-refractivity contribution is 1.44. The summed E-state index contributed by atoms with van der Waals surface area (Å²) >= 11 is 0. The Labute approximate surface area is 131 Å². The molecule has 3 aromatic rings. The molecule has 0 amide bonds. The van der Waals surface area contributed by atoms with Crippen LogP contribution in [0, 0.1) is 13.8 Å². The molecule has 2 N–H and O–H groups in total. The van der Waals surface area contributed by atoms with Gasteiger partial charge in [-0.25, -0.2) is 0 Å². The Bertz CT molecular complexity index is 743. The number of nitrogens with one attached hydrogen (secondary N) is 2. The van der Waals surface area contributed by atoms with E-state index in [1.807, 2.05) is 0 Å². The molecule has 0 saturated heterocycles. The van der Waals surface area contributed by atoms with Crippen LogP contribution in [0.5, 0.6) is 0 Å². The Morgan fingerprint density at radius 1 is 0.500 bits per heavy atom. The lowest BCUT2D eigenvalue weighted by atomic mass is 10.2. The SMILES string of the molecule is Cc1ccc(Nc2ccc(Nc3cccc(C)c3)cc2)cc1. The molecule has 3 rings (SSSR count). The molecule has 0 saturated carbocycles. The Balaban J connectivity index is 1.68. The number of rotatable bonds is 4. The van der Waals surface area contributed by atoms with Gasteiger partial charge < -0.3 is 10.6 Å². The van der Waals surface area contributed by atoms with E-state index in [0.717, 1.165) is 22.7 Å². The first kappa shape index (κ1) is 14.2. The maximum atomic E-state index is 3.42. The zero-order valence-electron chi connectivity index (χ0n) is 12.9. The summed E-state index contributed by atoms with van der Waals surface area (Å²) in [5.74, 6) is 0. The number of hydrogen-bond donors (Lipinski definition) is 2. The van der Waals surface area contributed by atoms with Crippen LogP contribution in [0.15, 0.2) is 72.8 Å². The average molecular weight is 288 g/mol. The first-order valence-corrected chi connectivity index (χ1v) is 7.46. The second-order valence-electron chi connectivity index (χ2n) is 5.56. The minimum Gasteiger partial charge on any atom is -0.356 e. The third-order valence-corrected chi connectivity index (χ3v) is 3.53. The van der Waals surface area contributed by atoms with Crippen LogP contribution in [-0.2, 0) is 0 Å². The zero-order valence-corrected chi connectivity index (χ0v) is 12.9. The molecule has 0 aliphatic heterocycles. The second-order valence-corrected chi connectivity index (χ2v) is 5.56. The average Bonchev–Trinajstić information content (AvgIpc) is 2.52. The van der Waals surface area contributed by atoms with Gasteiger partial charge in [0.2, 0.25) is 0 Å². The highest BCUT2D eigenvalue weighted by atomic mass is 14.9. The van der Waals surface area contributed by atoms with E-state index in [9.17, 15) is 0 Å². The third-order valence-electron chi connectivity index (χ3n) is 3.53. The summed E-state index contributed by atoms with van der Waals surface area (Å²) in [7, 11) is 0. The molecule has 110 valence electrons. The lowest BCUT2D eigenvalue weighted by Gasteiger charge is -2.10. The van der Waals surface area contributed by atoms with Crippen LogP contribution in [0.1, 0.15) is 11.1 Å². The predicted molar refractivity (Wildman–Crippen MR) is 95.4 cm³/mol. The van der Waals surface area contributed by atoms with Crippen molar-refractivity contribution in [1.29, 1.82) is 0 Å². The van der Waals surface area contributed by atoms with Gasteiger partial charge in [0, 0.05) is 22.7 Å². The molecule has 0 bridgehead atoms. The van der Waals surface area contributed by atoms with Crippen molar-refractivity contribution in [1.82, 2.24) is 0 Å². The number of hydrogen-bond acceptors (Lipinski definition) is 2. The molecule has 0 atom stereocenters. The molecule has 2 heteroatoms. The van der Waals surface area contributed by atoms with Gasteiger partial charge in [-0.1, -0.05) is 29.8 Å². The first-order chi connectivity index (χ1) is 10.7. The minimum absolute atomic E-state index is 1.08. The molecule has 0 aromatic heterocycles. The zero-order chi connectivity index (χ0) is 15.4. The molecule has 0 radical (unpaired) electrons. The Morgan fingerprint density at radius 2 is 1.00 bits per heavy atom. The van der Waals surface area contributed by atoms with Crippen LogP contribution in [0.3, 0.4) is 0 Å². The Morgan fingerprint density at radius 3 is 1.55 bits per heavy atom. The summed E-state index contributed by atoms with van der Waals surface area (Å²) in [6.07, 6.45) is 0. The third kappa shape index (κ3) is 3.67. The highest BCUT2D eigenvalue weighted by molar-refractivity contribution is 5.66. The minimum atomic E-state index is 1.08. The van der Waals surface area contributed by atoms with Crippen molar-refractivity contribution in [2.24, 2.45) is 0 Å². The van der Waals surface area contributed by atoms with Crippen LogP contribution in [0.4, 0.5) is 22.7 Å². The summed E-state index contributed by atoms with van der Waals surface area (Å²) in [5, 5.41) is 6.82. The van der Waals surface area contributed by atoms with Gasteiger partial charge in [0.1, 0.15) is 0 Å². The summed E-state index contributed by atoms with van der Waals surface area (Å²) < 4.78 is 0. The molecule has 22 heavy (non-hydrogen) atoms. The van der Waals surface area contributed by atoms with E-state index < -0.39 is 0 Å². The maximum absolute atomic E-state index is 3.42. The van der Waals surface area contributed by atoms with Crippen molar-refractivity contribution >= 4 is 22.7 Å². The first-order valence-electron chi connectivity index (χ1n) is 7.46. The molecule has 0 heterocycles.